The number of aliphatic hydroxyl groups excluding tert-OH is 1. The van der Waals surface area contributed by atoms with Crippen molar-refractivity contribution in [1.29, 1.82) is 0 Å². The molecule has 1 rings (SSSR count). The van der Waals surface area contributed by atoms with Gasteiger partial charge in [0.1, 0.15) is 17.7 Å². The Morgan fingerprint density at radius 2 is 2.00 bits per heavy atom. The van der Waals surface area contributed by atoms with E-state index in [0.717, 1.165) is 6.07 Å². The predicted octanol–water partition coefficient (Wildman–Crippen LogP) is 0.600. The average molecular weight is 288 g/mol. The van der Waals surface area contributed by atoms with Crippen LogP contribution >= 0.6 is 0 Å². The van der Waals surface area contributed by atoms with Gasteiger partial charge >= 0.3 is 12.0 Å². The number of hydrogen-bond donors (Lipinski definition) is 4. The number of carbonyl (C=O) groups is 2. The molecule has 4 N–H and O–H groups in total. The Morgan fingerprint density at radius 1 is 1.30 bits per heavy atom. The van der Waals surface area contributed by atoms with Gasteiger partial charge in [0, 0.05) is 31.2 Å². The Hall–Kier alpha value is -2.22. The van der Waals surface area contributed by atoms with E-state index in [1.165, 1.54) is 6.07 Å². The summed E-state index contributed by atoms with van der Waals surface area (Å²) < 4.78 is 25.9. The molecule has 2 amide bonds. The lowest BCUT2D eigenvalue weighted by Gasteiger charge is -2.14. The highest BCUT2D eigenvalue weighted by molar-refractivity contribution is 5.82. The molecule has 0 fully saturated rings. The summed E-state index contributed by atoms with van der Waals surface area (Å²) in [7, 11) is 0. The maximum atomic E-state index is 13.3. The van der Waals surface area contributed by atoms with E-state index < -0.39 is 36.3 Å². The summed E-state index contributed by atoms with van der Waals surface area (Å²) in [6, 6.07) is 0.838. The van der Waals surface area contributed by atoms with Gasteiger partial charge in [-0.1, -0.05) is 6.07 Å². The van der Waals surface area contributed by atoms with Crippen molar-refractivity contribution >= 4 is 12.0 Å². The van der Waals surface area contributed by atoms with E-state index in [2.05, 4.69) is 10.6 Å². The van der Waals surface area contributed by atoms with Gasteiger partial charge in [-0.2, -0.15) is 0 Å². The summed E-state index contributed by atoms with van der Waals surface area (Å²) in [4.78, 5) is 22.2. The molecule has 20 heavy (non-hydrogen) atoms. The van der Waals surface area contributed by atoms with Gasteiger partial charge in [-0.3, -0.25) is 0 Å². The van der Waals surface area contributed by atoms with Gasteiger partial charge < -0.3 is 20.8 Å². The first-order chi connectivity index (χ1) is 9.43. The highest BCUT2D eigenvalue weighted by Gasteiger charge is 2.19. The Morgan fingerprint density at radius 3 is 2.55 bits per heavy atom. The molecule has 0 aliphatic rings. The molecule has 1 aromatic rings. The normalized spacial score (nSPS) is 11.8. The number of carboxylic acids is 1. The highest BCUT2D eigenvalue weighted by Crippen LogP contribution is 2.08. The van der Waals surface area contributed by atoms with Crippen LogP contribution in [-0.4, -0.2) is 34.9 Å². The van der Waals surface area contributed by atoms with Crippen LogP contribution in [-0.2, 0) is 11.3 Å². The van der Waals surface area contributed by atoms with E-state index in [1.54, 1.807) is 0 Å². The number of halogens is 2. The zero-order valence-corrected chi connectivity index (χ0v) is 10.4. The van der Waals surface area contributed by atoms with E-state index >= 15 is 0 Å². The molecule has 0 aliphatic heterocycles. The smallest absolute Gasteiger partial charge is 0.326 e. The van der Waals surface area contributed by atoms with Crippen LogP contribution < -0.4 is 10.6 Å². The summed E-state index contributed by atoms with van der Waals surface area (Å²) in [5, 5.41) is 21.8. The fourth-order valence-electron chi connectivity index (χ4n) is 1.44. The standard InChI is InChI=1S/C12H14F2N2O4/c13-8-2-1-7(9(14)5-8)6-15-12(20)16-10(3-4-17)11(18)19/h1-2,5,10,17H,3-4,6H2,(H,18,19)(H2,15,16,20)/t10-/m0/s1. The first kappa shape index (κ1) is 15.8. The van der Waals surface area contributed by atoms with Crippen molar-refractivity contribution in [2.75, 3.05) is 6.61 Å². The average Bonchev–Trinajstić information content (AvgIpc) is 2.37. The molecule has 0 aromatic heterocycles. The fraction of sp³-hybridized carbons (Fsp3) is 0.333. The molecule has 0 spiro atoms. The molecule has 0 aliphatic carbocycles. The summed E-state index contributed by atoms with van der Waals surface area (Å²) in [6.45, 7) is -0.618. The van der Waals surface area contributed by atoms with Gasteiger partial charge in [-0.15, -0.1) is 0 Å². The summed E-state index contributed by atoms with van der Waals surface area (Å²) in [5.74, 6) is -2.83. The summed E-state index contributed by atoms with van der Waals surface area (Å²) >= 11 is 0. The van der Waals surface area contributed by atoms with E-state index in [1.807, 2.05) is 0 Å². The second-order valence-corrected chi connectivity index (χ2v) is 3.97. The molecule has 0 heterocycles. The maximum Gasteiger partial charge on any atom is 0.326 e. The summed E-state index contributed by atoms with van der Waals surface area (Å²) in [5.41, 5.74) is 0.0654. The van der Waals surface area contributed by atoms with E-state index in [0.29, 0.717) is 6.07 Å². The highest BCUT2D eigenvalue weighted by atomic mass is 19.1. The molecular weight excluding hydrogens is 274 g/mol. The lowest BCUT2D eigenvalue weighted by molar-refractivity contribution is -0.139. The lowest BCUT2D eigenvalue weighted by Crippen LogP contribution is -2.46. The van der Waals surface area contributed by atoms with Crippen molar-refractivity contribution in [2.24, 2.45) is 0 Å². The zero-order valence-electron chi connectivity index (χ0n) is 10.4. The van der Waals surface area contributed by atoms with Crippen molar-refractivity contribution in [3.63, 3.8) is 0 Å². The second-order valence-electron chi connectivity index (χ2n) is 3.97. The van der Waals surface area contributed by atoms with Crippen molar-refractivity contribution in [3.05, 3.63) is 35.4 Å². The van der Waals surface area contributed by atoms with Crippen LogP contribution in [0.15, 0.2) is 18.2 Å². The van der Waals surface area contributed by atoms with Crippen molar-refractivity contribution < 1.29 is 28.6 Å². The molecular formula is C12H14F2N2O4. The molecule has 0 bridgehead atoms. The van der Waals surface area contributed by atoms with E-state index in [4.69, 9.17) is 10.2 Å². The van der Waals surface area contributed by atoms with Crippen molar-refractivity contribution in [3.8, 4) is 0 Å². The van der Waals surface area contributed by atoms with E-state index in [-0.39, 0.29) is 18.5 Å². The monoisotopic (exact) mass is 288 g/mol. The Kier molecular flexibility index (Phi) is 5.85. The molecule has 110 valence electrons. The van der Waals surface area contributed by atoms with Gasteiger partial charge in [-0.05, 0) is 6.07 Å². The zero-order chi connectivity index (χ0) is 15.1. The number of aliphatic carboxylic acids is 1. The van der Waals surface area contributed by atoms with Crippen LogP contribution in [0.1, 0.15) is 12.0 Å². The topological polar surface area (TPSA) is 98.7 Å². The van der Waals surface area contributed by atoms with Gasteiger partial charge in [0.2, 0.25) is 0 Å². The number of urea groups is 1. The largest absolute Gasteiger partial charge is 0.480 e. The number of amides is 2. The van der Waals surface area contributed by atoms with E-state index in [9.17, 15) is 18.4 Å². The quantitative estimate of drug-likeness (QED) is 0.616. The van der Waals surface area contributed by atoms with Crippen LogP contribution in [0.3, 0.4) is 0 Å². The fourth-order valence-corrected chi connectivity index (χ4v) is 1.44. The second kappa shape index (κ2) is 7.39. The lowest BCUT2D eigenvalue weighted by atomic mass is 10.2. The number of benzene rings is 1. The molecule has 0 radical (unpaired) electrons. The third-order valence-electron chi connectivity index (χ3n) is 2.48. The van der Waals surface area contributed by atoms with Gasteiger partial charge in [0.15, 0.2) is 0 Å². The molecule has 0 unspecified atom stereocenters. The van der Waals surface area contributed by atoms with Crippen LogP contribution in [0.2, 0.25) is 0 Å². The van der Waals surface area contributed by atoms with Crippen molar-refractivity contribution in [2.45, 2.75) is 19.0 Å². The Balaban J connectivity index is 2.52. The van der Waals surface area contributed by atoms with Crippen LogP contribution in [0.5, 0.6) is 0 Å². The van der Waals surface area contributed by atoms with Crippen LogP contribution in [0.4, 0.5) is 13.6 Å². The number of aliphatic hydroxyl groups is 1. The number of hydrogen-bond acceptors (Lipinski definition) is 3. The third-order valence-corrected chi connectivity index (χ3v) is 2.48. The van der Waals surface area contributed by atoms with Gasteiger partial charge in [-0.25, -0.2) is 18.4 Å². The number of nitrogens with one attached hydrogen (secondary N) is 2. The maximum absolute atomic E-state index is 13.3. The SMILES string of the molecule is O=C(NCc1ccc(F)cc1F)N[C@@H](CCO)C(=O)O. The predicted molar refractivity (Wildman–Crippen MR) is 64.9 cm³/mol. The van der Waals surface area contributed by atoms with Crippen molar-refractivity contribution in [1.82, 2.24) is 10.6 Å². The number of rotatable bonds is 6. The number of carbonyl (C=O) groups excluding carboxylic acids is 1. The molecule has 0 saturated heterocycles. The first-order valence-electron chi connectivity index (χ1n) is 5.76. The van der Waals surface area contributed by atoms with Gasteiger partial charge in [0.05, 0.1) is 0 Å². The minimum atomic E-state index is -1.29. The Labute approximate surface area is 113 Å². The molecule has 6 nitrogen and oxygen atoms in total. The Bertz CT molecular complexity index is 496. The summed E-state index contributed by atoms with van der Waals surface area (Å²) in [6.07, 6.45) is -0.145. The molecule has 0 saturated carbocycles. The first-order valence-corrected chi connectivity index (χ1v) is 5.76. The van der Waals surface area contributed by atoms with Gasteiger partial charge in [0.25, 0.3) is 0 Å². The molecule has 1 atom stereocenters. The number of carboxylic acid groups (broad SMARTS) is 1. The third kappa shape index (κ3) is 4.81. The molecule has 8 heteroatoms. The van der Waals surface area contributed by atoms with Crippen LogP contribution in [0, 0.1) is 11.6 Å². The van der Waals surface area contributed by atoms with Crippen LogP contribution in [0.25, 0.3) is 0 Å². The minimum absolute atomic E-state index is 0.0654. The minimum Gasteiger partial charge on any atom is -0.480 e. The molecule has 1 aromatic carbocycles.